The summed E-state index contributed by atoms with van der Waals surface area (Å²) >= 11 is 0. The van der Waals surface area contributed by atoms with Crippen LogP contribution in [0.1, 0.15) is 2.74 Å². The average molecular weight is 625 g/mol. The highest BCUT2D eigenvalue weighted by molar-refractivity contribution is 6.25. The van der Waals surface area contributed by atoms with Crippen LogP contribution in [0.25, 0.3) is 98.8 Å². The number of rotatable bonds is 4. The minimum absolute atomic E-state index is 0.178. The minimum atomic E-state index is 0.178. The summed E-state index contributed by atoms with van der Waals surface area (Å²) in [5.74, 6) is 0. The molecular formula is C48H30O. The van der Waals surface area contributed by atoms with Gasteiger partial charge < -0.3 is 4.42 Å². The van der Waals surface area contributed by atoms with E-state index in [1.807, 2.05) is 30.3 Å². The van der Waals surface area contributed by atoms with Gasteiger partial charge in [-0.1, -0.05) is 158 Å². The molecule has 0 aliphatic carbocycles. The number of hydrogen-bond acceptors (Lipinski definition) is 1. The molecule has 1 nitrogen and oxygen atoms in total. The van der Waals surface area contributed by atoms with E-state index in [2.05, 4.69) is 140 Å². The van der Waals surface area contributed by atoms with Gasteiger partial charge in [0.15, 0.2) is 0 Å². The minimum Gasteiger partial charge on any atom is -0.455 e. The Hall–Kier alpha value is -6.44. The molecule has 49 heavy (non-hydrogen) atoms. The van der Waals surface area contributed by atoms with Gasteiger partial charge in [-0.2, -0.15) is 0 Å². The molecule has 228 valence electrons. The lowest BCUT2D eigenvalue weighted by Gasteiger charge is -2.18. The fourth-order valence-corrected chi connectivity index (χ4v) is 7.63. The predicted octanol–water partition coefficient (Wildman–Crippen LogP) is 13.7. The van der Waals surface area contributed by atoms with Crippen LogP contribution in [0.4, 0.5) is 0 Å². The first kappa shape index (κ1) is 25.6. The summed E-state index contributed by atoms with van der Waals surface area (Å²) in [5, 5.41) is 7.66. The van der Waals surface area contributed by atoms with Gasteiger partial charge >= 0.3 is 0 Å². The van der Waals surface area contributed by atoms with E-state index in [1.165, 1.54) is 21.9 Å². The Balaban J connectivity index is 1.38. The van der Waals surface area contributed by atoms with Gasteiger partial charge in [0.05, 0.1) is 2.74 Å². The summed E-state index contributed by atoms with van der Waals surface area (Å²) in [6.45, 7) is 0. The lowest BCUT2D eigenvalue weighted by Crippen LogP contribution is -1.92. The van der Waals surface area contributed by atoms with Gasteiger partial charge in [0.1, 0.15) is 11.2 Å². The van der Waals surface area contributed by atoms with Gasteiger partial charge in [-0.15, -0.1) is 0 Å². The van der Waals surface area contributed by atoms with Gasteiger partial charge in [-0.25, -0.2) is 0 Å². The smallest absolute Gasteiger partial charge is 0.143 e. The maximum atomic E-state index is 9.30. The Morgan fingerprint density at radius 3 is 1.53 bits per heavy atom. The predicted molar refractivity (Wildman–Crippen MR) is 208 cm³/mol. The molecule has 10 rings (SSSR count). The van der Waals surface area contributed by atoms with Gasteiger partial charge in [0.2, 0.25) is 0 Å². The molecule has 0 radical (unpaired) electrons. The highest BCUT2D eigenvalue weighted by Crippen LogP contribution is 2.48. The highest BCUT2D eigenvalue weighted by atomic mass is 16.3. The van der Waals surface area contributed by atoms with E-state index in [0.29, 0.717) is 11.0 Å². The van der Waals surface area contributed by atoms with Gasteiger partial charge in [0, 0.05) is 27.3 Å². The monoisotopic (exact) mass is 624 g/mol. The van der Waals surface area contributed by atoms with Crippen LogP contribution in [0.3, 0.4) is 0 Å². The molecule has 0 aliphatic heterocycles. The van der Waals surface area contributed by atoms with Crippen molar-refractivity contribution in [1.82, 2.24) is 0 Å². The SMILES string of the molecule is [2H]c1c([2H])c2c3cc(-c4cccc(-c5ccccc5)c4)cc(-c4c5ccccc5c(-c5ccccc5)c5ccccc45)c3oc2c2ccccc12. The van der Waals surface area contributed by atoms with Crippen molar-refractivity contribution in [3.8, 4) is 44.5 Å². The van der Waals surface area contributed by atoms with Crippen molar-refractivity contribution < 1.29 is 7.16 Å². The Kier molecular flexibility index (Phi) is 5.79. The van der Waals surface area contributed by atoms with Gasteiger partial charge in [0.25, 0.3) is 0 Å². The van der Waals surface area contributed by atoms with Crippen LogP contribution in [0.5, 0.6) is 0 Å². The molecule has 1 heterocycles. The molecule has 1 heteroatoms. The molecule has 0 atom stereocenters. The lowest BCUT2D eigenvalue weighted by atomic mass is 9.84. The van der Waals surface area contributed by atoms with Crippen molar-refractivity contribution in [3.63, 3.8) is 0 Å². The fourth-order valence-electron chi connectivity index (χ4n) is 7.63. The Morgan fingerprint density at radius 1 is 0.327 bits per heavy atom. The second-order valence-corrected chi connectivity index (χ2v) is 12.7. The van der Waals surface area contributed by atoms with E-state index < -0.39 is 0 Å². The van der Waals surface area contributed by atoms with Crippen LogP contribution in [0, 0.1) is 0 Å². The highest BCUT2D eigenvalue weighted by Gasteiger charge is 2.22. The number of hydrogen-bond donors (Lipinski definition) is 0. The van der Waals surface area contributed by atoms with Crippen LogP contribution in [0.15, 0.2) is 186 Å². The van der Waals surface area contributed by atoms with Crippen molar-refractivity contribution in [2.75, 3.05) is 0 Å². The first-order valence-corrected chi connectivity index (χ1v) is 16.7. The molecule has 0 fully saturated rings. The van der Waals surface area contributed by atoms with Gasteiger partial charge in [-0.05, 0) is 84.6 Å². The third kappa shape index (κ3) is 4.40. The average Bonchev–Trinajstić information content (AvgIpc) is 3.59. The summed E-state index contributed by atoms with van der Waals surface area (Å²) < 4.78 is 25.3. The zero-order valence-electron chi connectivity index (χ0n) is 28.6. The summed E-state index contributed by atoms with van der Waals surface area (Å²) in [6, 6.07) is 59.7. The summed E-state index contributed by atoms with van der Waals surface area (Å²) in [5.41, 5.74) is 10.2. The topological polar surface area (TPSA) is 13.1 Å². The van der Waals surface area contributed by atoms with Crippen molar-refractivity contribution in [2.45, 2.75) is 0 Å². The van der Waals surface area contributed by atoms with Crippen LogP contribution in [0.2, 0.25) is 0 Å². The standard InChI is InChI=1S/C48H30O/c1-3-14-31(15-4-1)34-19-13-20-35(28-34)36-29-43-42-27-26-32-16-7-8-21-37(32)47(42)49-48(43)44(30-36)46-40-24-11-9-22-38(40)45(33-17-5-2-6-18-33)39-23-10-12-25-41(39)46/h1-30H/i26D,27D. The van der Waals surface area contributed by atoms with Crippen molar-refractivity contribution in [3.05, 3.63) is 182 Å². The van der Waals surface area contributed by atoms with E-state index in [4.69, 9.17) is 5.79 Å². The molecule has 0 spiro atoms. The molecule has 0 unspecified atom stereocenters. The number of benzene rings is 9. The molecule has 0 saturated carbocycles. The maximum absolute atomic E-state index is 9.30. The van der Waals surface area contributed by atoms with Crippen LogP contribution < -0.4 is 0 Å². The Bertz CT molecular complexity index is 2920. The largest absolute Gasteiger partial charge is 0.455 e. The fraction of sp³-hybridized carbons (Fsp3) is 0. The van der Waals surface area contributed by atoms with Gasteiger partial charge in [-0.3, -0.25) is 0 Å². The molecule has 1 aromatic heterocycles. The second kappa shape index (κ2) is 11.1. The van der Waals surface area contributed by atoms with E-state index in [1.54, 1.807) is 0 Å². The van der Waals surface area contributed by atoms with E-state index in [0.717, 1.165) is 65.9 Å². The van der Waals surface area contributed by atoms with Crippen molar-refractivity contribution in [1.29, 1.82) is 0 Å². The molecule has 10 aromatic rings. The Labute approximate surface area is 287 Å². The molecule has 9 aromatic carbocycles. The molecule has 0 aliphatic rings. The molecular weight excluding hydrogens is 593 g/mol. The molecule has 0 saturated heterocycles. The molecule has 0 amide bonds. The third-order valence-electron chi connectivity index (χ3n) is 9.85. The summed E-state index contributed by atoms with van der Waals surface area (Å²) in [4.78, 5) is 0. The summed E-state index contributed by atoms with van der Waals surface area (Å²) in [6.07, 6.45) is 0. The lowest BCUT2D eigenvalue weighted by molar-refractivity contribution is 0.674. The Morgan fingerprint density at radius 2 is 0.857 bits per heavy atom. The van der Waals surface area contributed by atoms with Crippen LogP contribution in [-0.2, 0) is 0 Å². The zero-order chi connectivity index (χ0) is 34.1. The molecule has 0 N–H and O–H groups in total. The molecule has 0 bridgehead atoms. The number of furan rings is 1. The quantitative estimate of drug-likeness (QED) is 0.178. The normalized spacial score (nSPS) is 12.2. The van der Waals surface area contributed by atoms with E-state index in [9.17, 15) is 1.37 Å². The first-order chi connectivity index (χ1) is 25.2. The zero-order valence-corrected chi connectivity index (χ0v) is 26.6. The van der Waals surface area contributed by atoms with Crippen molar-refractivity contribution >= 4 is 54.3 Å². The van der Waals surface area contributed by atoms with Crippen LogP contribution in [-0.4, -0.2) is 0 Å². The third-order valence-corrected chi connectivity index (χ3v) is 9.85. The summed E-state index contributed by atoms with van der Waals surface area (Å²) in [7, 11) is 0. The number of fused-ring (bicyclic) bond motifs is 7. The van der Waals surface area contributed by atoms with E-state index >= 15 is 0 Å². The first-order valence-electron chi connectivity index (χ1n) is 17.7. The van der Waals surface area contributed by atoms with Crippen LogP contribution >= 0.6 is 0 Å². The maximum Gasteiger partial charge on any atom is 0.143 e. The van der Waals surface area contributed by atoms with E-state index in [-0.39, 0.29) is 12.1 Å². The second-order valence-electron chi connectivity index (χ2n) is 12.7. The van der Waals surface area contributed by atoms with Crippen molar-refractivity contribution in [2.24, 2.45) is 0 Å².